The Morgan fingerprint density at radius 1 is 1.26 bits per heavy atom. The molecule has 0 N–H and O–H groups in total. The highest BCUT2D eigenvalue weighted by Crippen LogP contribution is 2.35. The molecule has 2 aliphatic rings. The predicted molar refractivity (Wildman–Crippen MR) is 88.5 cm³/mol. The lowest BCUT2D eigenvalue weighted by atomic mass is 10.0. The van der Waals surface area contributed by atoms with Gasteiger partial charge in [-0.25, -0.2) is 9.97 Å². The zero-order valence-electron chi connectivity index (χ0n) is 13.0. The fourth-order valence-corrected chi connectivity index (χ4v) is 4.39. The topological polar surface area (TPSA) is 47.5 Å². The maximum absolute atomic E-state index is 6.09. The van der Waals surface area contributed by atoms with Crippen LogP contribution in [0, 0.1) is 5.92 Å². The first-order valence-electron chi connectivity index (χ1n) is 8.18. The predicted octanol–water partition coefficient (Wildman–Crippen LogP) is 2.60. The first kappa shape index (κ1) is 15.1. The Kier molecular flexibility index (Phi) is 4.55. The van der Waals surface area contributed by atoms with Crippen LogP contribution in [0.2, 0.25) is 0 Å². The number of nitrogens with zero attached hydrogens (tertiary/aromatic N) is 3. The lowest BCUT2D eigenvalue weighted by molar-refractivity contribution is -0.0817. The van der Waals surface area contributed by atoms with Crippen molar-refractivity contribution in [3.05, 3.63) is 40.8 Å². The summed E-state index contributed by atoms with van der Waals surface area (Å²) >= 11 is 1.84. The third kappa shape index (κ3) is 3.39. The first-order chi connectivity index (χ1) is 11.4. The molecule has 0 radical (unpaired) electrons. The molecule has 5 nitrogen and oxygen atoms in total. The number of ether oxygens (including phenoxy) is 2. The molecule has 1 aliphatic heterocycles. The van der Waals surface area contributed by atoms with Gasteiger partial charge in [-0.2, -0.15) is 0 Å². The fraction of sp³-hybridized carbons (Fsp3) is 0.529. The van der Waals surface area contributed by atoms with Gasteiger partial charge >= 0.3 is 6.01 Å². The van der Waals surface area contributed by atoms with Crippen molar-refractivity contribution >= 4 is 11.3 Å². The van der Waals surface area contributed by atoms with E-state index in [1.807, 2.05) is 11.3 Å². The van der Waals surface area contributed by atoms with Crippen molar-refractivity contribution in [2.45, 2.75) is 31.5 Å². The summed E-state index contributed by atoms with van der Waals surface area (Å²) in [6.07, 6.45) is 6.01. The largest absolute Gasteiger partial charge is 0.463 e. The highest BCUT2D eigenvalue weighted by Gasteiger charge is 2.42. The Morgan fingerprint density at radius 3 is 3.00 bits per heavy atom. The second-order valence-electron chi connectivity index (χ2n) is 6.13. The number of morpholine rings is 1. The van der Waals surface area contributed by atoms with Crippen LogP contribution in [0.5, 0.6) is 6.01 Å². The van der Waals surface area contributed by atoms with Gasteiger partial charge in [0.2, 0.25) is 0 Å². The van der Waals surface area contributed by atoms with Gasteiger partial charge in [-0.05, 0) is 30.4 Å². The lowest BCUT2D eigenvalue weighted by Gasteiger charge is -2.39. The molecule has 2 aromatic heterocycles. The maximum atomic E-state index is 6.09. The Bertz CT molecular complexity index is 608. The average molecular weight is 331 g/mol. The Morgan fingerprint density at radius 2 is 2.17 bits per heavy atom. The molecule has 0 unspecified atom stereocenters. The van der Waals surface area contributed by atoms with E-state index in [-0.39, 0.29) is 6.10 Å². The van der Waals surface area contributed by atoms with Crippen LogP contribution >= 0.6 is 11.3 Å². The van der Waals surface area contributed by atoms with Gasteiger partial charge in [-0.1, -0.05) is 6.07 Å². The highest BCUT2D eigenvalue weighted by atomic mass is 32.1. The summed E-state index contributed by atoms with van der Waals surface area (Å²) in [4.78, 5) is 12.3. The minimum absolute atomic E-state index is 0.271. The van der Waals surface area contributed by atoms with E-state index < -0.39 is 0 Å². The van der Waals surface area contributed by atoms with Crippen LogP contribution in [0.4, 0.5) is 0 Å². The molecule has 1 saturated carbocycles. The summed E-state index contributed by atoms with van der Waals surface area (Å²) in [5.41, 5.74) is 0. The zero-order valence-corrected chi connectivity index (χ0v) is 13.8. The number of thiophene rings is 1. The Hall–Kier alpha value is -1.50. The van der Waals surface area contributed by atoms with Crippen molar-refractivity contribution in [1.29, 1.82) is 0 Å². The summed E-state index contributed by atoms with van der Waals surface area (Å²) in [6.45, 7) is 3.51. The number of aromatic nitrogens is 2. The van der Waals surface area contributed by atoms with Gasteiger partial charge in [0.1, 0.15) is 0 Å². The van der Waals surface area contributed by atoms with E-state index in [9.17, 15) is 0 Å². The molecule has 23 heavy (non-hydrogen) atoms. The van der Waals surface area contributed by atoms with Crippen LogP contribution in [-0.4, -0.2) is 46.8 Å². The van der Waals surface area contributed by atoms with E-state index in [1.54, 1.807) is 18.5 Å². The zero-order chi connectivity index (χ0) is 15.5. The number of hydrogen-bond acceptors (Lipinski definition) is 6. The van der Waals surface area contributed by atoms with Crippen molar-refractivity contribution in [2.24, 2.45) is 5.92 Å². The molecule has 1 aliphatic carbocycles. The summed E-state index contributed by atoms with van der Waals surface area (Å²) in [6, 6.07) is 7.12. The SMILES string of the molecule is c1cnc(OC[C@@H]2CC[C@@H]3[C@H]2OCCN3Cc2cccs2)nc1. The molecule has 6 heteroatoms. The van der Waals surface area contributed by atoms with Crippen LogP contribution in [0.25, 0.3) is 0 Å². The van der Waals surface area contributed by atoms with Gasteiger partial charge < -0.3 is 9.47 Å². The third-order valence-electron chi connectivity index (χ3n) is 4.74. The van der Waals surface area contributed by atoms with Crippen LogP contribution in [0.3, 0.4) is 0 Å². The van der Waals surface area contributed by atoms with Crippen LogP contribution in [-0.2, 0) is 11.3 Å². The van der Waals surface area contributed by atoms with Gasteiger partial charge in [0.05, 0.1) is 19.3 Å². The van der Waals surface area contributed by atoms with E-state index >= 15 is 0 Å². The third-order valence-corrected chi connectivity index (χ3v) is 5.60. The first-order valence-corrected chi connectivity index (χ1v) is 9.06. The van der Waals surface area contributed by atoms with Gasteiger partial charge in [0.25, 0.3) is 0 Å². The summed E-state index contributed by atoms with van der Waals surface area (Å²) in [5, 5.41) is 2.15. The van der Waals surface area contributed by atoms with Crippen molar-refractivity contribution in [3.63, 3.8) is 0 Å². The molecule has 2 aromatic rings. The number of fused-ring (bicyclic) bond motifs is 1. The van der Waals surface area contributed by atoms with Crippen molar-refractivity contribution in [2.75, 3.05) is 19.8 Å². The lowest BCUT2D eigenvalue weighted by Crippen LogP contribution is -2.50. The maximum Gasteiger partial charge on any atom is 0.316 e. The molecule has 0 amide bonds. The van der Waals surface area contributed by atoms with E-state index in [1.165, 1.54) is 11.3 Å². The smallest absolute Gasteiger partial charge is 0.316 e. The van der Waals surface area contributed by atoms with Crippen LogP contribution < -0.4 is 4.74 Å². The van der Waals surface area contributed by atoms with Crippen LogP contribution in [0.1, 0.15) is 17.7 Å². The normalized spacial score (nSPS) is 27.7. The van der Waals surface area contributed by atoms with Crippen molar-refractivity contribution in [1.82, 2.24) is 14.9 Å². The Balaban J connectivity index is 1.37. The van der Waals surface area contributed by atoms with Crippen molar-refractivity contribution < 1.29 is 9.47 Å². The quantitative estimate of drug-likeness (QED) is 0.843. The minimum Gasteiger partial charge on any atom is -0.463 e. The second-order valence-corrected chi connectivity index (χ2v) is 7.16. The average Bonchev–Trinajstić information content (AvgIpc) is 3.24. The van der Waals surface area contributed by atoms with E-state index in [0.29, 0.717) is 24.6 Å². The van der Waals surface area contributed by atoms with Gasteiger partial charge in [0, 0.05) is 42.3 Å². The highest BCUT2D eigenvalue weighted by molar-refractivity contribution is 7.09. The standard InChI is InChI=1S/C17H21N3O2S/c1-3-14(23-10-1)11-20-8-9-21-16-13(4-5-15(16)20)12-22-17-18-6-2-7-19-17/h1-3,6-7,10,13,15-16H,4-5,8-9,11-12H2/t13-,15+,16-/m0/s1. The van der Waals surface area contributed by atoms with Gasteiger partial charge in [-0.3, -0.25) is 4.90 Å². The fourth-order valence-electron chi connectivity index (χ4n) is 3.66. The molecule has 0 aromatic carbocycles. The monoisotopic (exact) mass is 331 g/mol. The number of rotatable bonds is 5. The van der Waals surface area contributed by atoms with Gasteiger partial charge in [-0.15, -0.1) is 11.3 Å². The molecule has 2 fully saturated rings. The molecule has 1 saturated heterocycles. The molecule has 4 rings (SSSR count). The molecule has 122 valence electrons. The van der Waals surface area contributed by atoms with E-state index in [2.05, 4.69) is 32.4 Å². The number of hydrogen-bond donors (Lipinski definition) is 0. The van der Waals surface area contributed by atoms with E-state index in [0.717, 1.165) is 26.1 Å². The summed E-state index contributed by atoms with van der Waals surface area (Å²) < 4.78 is 11.9. The summed E-state index contributed by atoms with van der Waals surface area (Å²) in [5.74, 6) is 0.426. The van der Waals surface area contributed by atoms with E-state index in [4.69, 9.17) is 9.47 Å². The van der Waals surface area contributed by atoms with Gasteiger partial charge in [0.15, 0.2) is 0 Å². The molecular weight excluding hydrogens is 310 g/mol. The minimum atomic E-state index is 0.271. The second kappa shape index (κ2) is 6.95. The van der Waals surface area contributed by atoms with Crippen LogP contribution in [0.15, 0.2) is 36.0 Å². The molecule has 0 spiro atoms. The molecule has 3 atom stereocenters. The Labute approximate surface area is 140 Å². The summed E-state index contributed by atoms with van der Waals surface area (Å²) in [7, 11) is 0. The molecule has 0 bridgehead atoms. The molecular formula is C17H21N3O2S. The molecule has 3 heterocycles. The van der Waals surface area contributed by atoms with Crippen molar-refractivity contribution in [3.8, 4) is 6.01 Å².